The Morgan fingerprint density at radius 1 is 1.22 bits per heavy atom. The van der Waals surface area contributed by atoms with Crippen molar-refractivity contribution in [3.05, 3.63) is 29.8 Å². The summed E-state index contributed by atoms with van der Waals surface area (Å²) in [4.78, 5) is 1.27. The van der Waals surface area contributed by atoms with Gasteiger partial charge in [0.15, 0.2) is 0 Å². The summed E-state index contributed by atoms with van der Waals surface area (Å²) in [5.41, 5.74) is 0.796. The predicted octanol–water partition coefficient (Wildman–Crippen LogP) is 3.30. The van der Waals surface area contributed by atoms with Crippen molar-refractivity contribution in [2.75, 3.05) is 26.1 Å². The third-order valence-electron chi connectivity index (χ3n) is 2.37. The standard InChI is InChI=1S/C12H15ClF3NO/c1-18-11-4-2-10(3-5-11)8-17(7-6-13)9-12(14,15)16/h2-5H,6-9H2,1H3. The molecule has 0 saturated heterocycles. The van der Waals surface area contributed by atoms with Crippen molar-refractivity contribution in [2.45, 2.75) is 12.7 Å². The number of alkyl halides is 4. The second kappa shape index (κ2) is 6.85. The molecule has 1 aromatic rings. The Hall–Kier alpha value is -0.940. The lowest BCUT2D eigenvalue weighted by molar-refractivity contribution is -0.146. The van der Waals surface area contributed by atoms with E-state index < -0.39 is 12.7 Å². The Labute approximate surface area is 109 Å². The molecule has 6 heteroatoms. The van der Waals surface area contributed by atoms with Crippen LogP contribution in [0.2, 0.25) is 0 Å². The Bertz CT molecular complexity index is 353. The fourth-order valence-electron chi connectivity index (χ4n) is 1.58. The second-order valence-electron chi connectivity index (χ2n) is 3.86. The fraction of sp³-hybridized carbons (Fsp3) is 0.500. The van der Waals surface area contributed by atoms with Crippen molar-refractivity contribution in [3.63, 3.8) is 0 Å². The Balaban J connectivity index is 2.64. The lowest BCUT2D eigenvalue weighted by atomic mass is 10.2. The van der Waals surface area contributed by atoms with Crippen LogP contribution in [0.4, 0.5) is 13.2 Å². The van der Waals surface area contributed by atoms with Crippen molar-refractivity contribution in [1.29, 1.82) is 0 Å². The molecule has 0 atom stereocenters. The van der Waals surface area contributed by atoms with E-state index in [2.05, 4.69) is 0 Å². The molecule has 2 nitrogen and oxygen atoms in total. The molecule has 1 rings (SSSR count). The summed E-state index contributed by atoms with van der Waals surface area (Å²) < 4.78 is 42.0. The molecule has 18 heavy (non-hydrogen) atoms. The first-order chi connectivity index (χ1) is 8.44. The zero-order chi connectivity index (χ0) is 13.6. The van der Waals surface area contributed by atoms with Crippen molar-refractivity contribution in [3.8, 4) is 5.75 Å². The van der Waals surface area contributed by atoms with Crippen molar-refractivity contribution >= 4 is 11.6 Å². The first-order valence-corrected chi connectivity index (χ1v) is 5.96. The molecule has 1 aromatic carbocycles. The van der Waals surface area contributed by atoms with E-state index in [1.807, 2.05) is 0 Å². The van der Waals surface area contributed by atoms with Crippen LogP contribution in [-0.4, -0.2) is 37.2 Å². The highest BCUT2D eigenvalue weighted by Gasteiger charge is 2.30. The Kier molecular flexibility index (Phi) is 5.75. The quantitative estimate of drug-likeness (QED) is 0.742. The highest BCUT2D eigenvalue weighted by Crippen LogP contribution is 2.19. The molecule has 0 saturated carbocycles. The van der Waals surface area contributed by atoms with E-state index in [-0.39, 0.29) is 19.0 Å². The van der Waals surface area contributed by atoms with Crippen LogP contribution in [0, 0.1) is 0 Å². The van der Waals surface area contributed by atoms with Crippen molar-refractivity contribution in [1.82, 2.24) is 4.90 Å². The van der Waals surface area contributed by atoms with Gasteiger partial charge in [-0.05, 0) is 17.7 Å². The van der Waals surface area contributed by atoms with Gasteiger partial charge >= 0.3 is 6.18 Å². The van der Waals surface area contributed by atoms with Gasteiger partial charge in [-0.25, -0.2) is 0 Å². The monoisotopic (exact) mass is 281 g/mol. The van der Waals surface area contributed by atoms with Gasteiger partial charge in [-0.1, -0.05) is 12.1 Å². The van der Waals surface area contributed by atoms with Crippen molar-refractivity contribution < 1.29 is 17.9 Å². The summed E-state index contributed by atoms with van der Waals surface area (Å²) in [7, 11) is 1.54. The van der Waals surface area contributed by atoms with Gasteiger partial charge in [0.05, 0.1) is 13.7 Å². The van der Waals surface area contributed by atoms with E-state index in [1.54, 1.807) is 31.4 Å². The first kappa shape index (κ1) is 15.1. The molecule has 0 bridgehead atoms. The maximum absolute atomic E-state index is 12.3. The van der Waals surface area contributed by atoms with Gasteiger partial charge in [0.25, 0.3) is 0 Å². The number of hydrogen-bond donors (Lipinski definition) is 0. The number of methoxy groups -OCH3 is 1. The van der Waals surface area contributed by atoms with Gasteiger partial charge in [-0.15, -0.1) is 11.6 Å². The normalized spacial score (nSPS) is 11.9. The molecule has 0 heterocycles. The zero-order valence-electron chi connectivity index (χ0n) is 10.0. The number of hydrogen-bond acceptors (Lipinski definition) is 2. The number of rotatable bonds is 6. The molecular weight excluding hydrogens is 267 g/mol. The van der Waals surface area contributed by atoms with Gasteiger partial charge < -0.3 is 4.74 Å². The smallest absolute Gasteiger partial charge is 0.401 e. The molecule has 0 N–H and O–H groups in total. The lowest BCUT2D eigenvalue weighted by Gasteiger charge is -2.22. The molecule has 102 valence electrons. The summed E-state index contributed by atoms with van der Waals surface area (Å²) in [6.07, 6.45) is -4.21. The van der Waals surface area contributed by atoms with Crippen molar-refractivity contribution in [2.24, 2.45) is 0 Å². The summed E-state index contributed by atoms with van der Waals surface area (Å²) >= 11 is 5.51. The highest BCUT2D eigenvalue weighted by molar-refractivity contribution is 6.18. The Morgan fingerprint density at radius 3 is 2.28 bits per heavy atom. The van der Waals surface area contributed by atoms with Crippen LogP contribution in [0.3, 0.4) is 0 Å². The molecule has 0 fully saturated rings. The van der Waals surface area contributed by atoms with Crippen LogP contribution in [-0.2, 0) is 6.54 Å². The third kappa shape index (κ3) is 5.60. The van der Waals surface area contributed by atoms with Crippen LogP contribution in [0.1, 0.15) is 5.56 Å². The van der Waals surface area contributed by atoms with E-state index in [1.165, 1.54) is 4.90 Å². The maximum Gasteiger partial charge on any atom is 0.401 e. The molecule has 0 spiro atoms. The number of ether oxygens (including phenoxy) is 1. The largest absolute Gasteiger partial charge is 0.497 e. The third-order valence-corrected chi connectivity index (χ3v) is 2.54. The highest BCUT2D eigenvalue weighted by atomic mass is 35.5. The SMILES string of the molecule is COc1ccc(CN(CCCl)CC(F)(F)F)cc1. The van der Waals surface area contributed by atoms with Gasteiger partial charge in [0.2, 0.25) is 0 Å². The van der Waals surface area contributed by atoms with E-state index in [0.29, 0.717) is 5.75 Å². The van der Waals surface area contributed by atoms with Gasteiger partial charge in [-0.2, -0.15) is 13.2 Å². The van der Waals surface area contributed by atoms with Gasteiger partial charge in [0, 0.05) is 19.0 Å². The number of nitrogens with zero attached hydrogens (tertiary/aromatic N) is 1. The molecule has 0 amide bonds. The number of halogens is 4. The van der Waals surface area contributed by atoms with E-state index in [0.717, 1.165) is 5.56 Å². The van der Waals surface area contributed by atoms with E-state index >= 15 is 0 Å². The van der Waals surface area contributed by atoms with Crippen LogP contribution in [0.5, 0.6) is 5.75 Å². The average molecular weight is 282 g/mol. The molecule has 0 unspecified atom stereocenters. The van der Waals surface area contributed by atoms with Gasteiger partial charge in [-0.3, -0.25) is 4.90 Å². The Morgan fingerprint density at radius 2 is 1.83 bits per heavy atom. The van der Waals surface area contributed by atoms with Crippen LogP contribution in [0.15, 0.2) is 24.3 Å². The lowest BCUT2D eigenvalue weighted by Crippen LogP contribution is -2.35. The average Bonchev–Trinajstić information content (AvgIpc) is 2.28. The van der Waals surface area contributed by atoms with Crippen LogP contribution < -0.4 is 4.74 Å². The van der Waals surface area contributed by atoms with Crippen LogP contribution >= 0.6 is 11.6 Å². The fourth-order valence-corrected chi connectivity index (χ4v) is 1.82. The first-order valence-electron chi connectivity index (χ1n) is 5.42. The molecule has 0 aliphatic heterocycles. The second-order valence-corrected chi connectivity index (χ2v) is 4.24. The van der Waals surface area contributed by atoms with E-state index in [4.69, 9.17) is 16.3 Å². The summed E-state index contributed by atoms with van der Waals surface area (Å²) in [5, 5.41) is 0. The minimum absolute atomic E-state index is 0.173. The number of benzene rings is 1. The van der Waals surface area contributed by atoms with Crippen LogP contribution in [0.25, 0.3) is 0 Å². The minimum Gasteiger partial charge on any atom is -0.497 e. The summed E-state index contributed by atoms with van der Waals surface area (Å²) in [6, 6.07) is 6.94. The zero-order valence-corrected chi connectivity index (χ0v) is 10.8. The molecule has 0 radical (unpaired) electrons. The van der Waals surface area contributed by atoms with E-state index in [9.17, 15) is 13.2 Å². The summed E-state index contributed by atoms with van der Waals surface area (Å²) in [5.74, 6) is 0.852. The summed E-state index contributed by atoms with van der Waals surface area (Å²) in [6.45, 7) is -0.533. The predicted molar refractivity (Wildman–Crippen MR) is 65.0 cm³/mol. The molecule has 0 aromatic heterocycles. The molecule has 0 aliphatic rings. The van der Waals surface area contributed by atoms with Gasteiger partial charge in [0.1, 0.15) is 5.75 Å². The minimum atomic E-state index is -4.21. The molecular formula is C12H15ClF3NO. The molecule has 0 aliphatic carbocycles. The maximum atomic E-state index is 12.3. The topological polar surface area (TPSA) is 12.5 Å².